The van der Waals surface area contributed by atoms with Gasteiger partial charge in [-0.05, 0) is 141 Å². The number of nitrogens with zero attached hydrogens (tertiary/aromatic N) is 2. The monoisotopic (exact) mass is 848 g/mol. The molecule has 2 heteroatoms. The zero-order valence-electron chi connectivity index (χ0n) is 37.2. The van der Waals surface area contributed by atoms with Crippen molar-refractivity contribution < 1.29 is 0 Å². The fourth-order valence-corrected chi connectivity index (χ4v) is 10.0. The lowest BCUT2D eigenvalue weighted by molar-refractivity contribution is 0.443. The van der Waals surface area contributed by atoms with E-state index in [-0.39, 0.29) is 0 Å². The largest absolute Gasteiger partial charge is 0.311 e. The molecule has 0 radical (unpaired) electrons. The number of hydrogen-bond acceptors (Lipinski definition) is 2. The number of anilines is 6. The highest BCUT2D eigenvalue weighted by atomic mass is 15.1. The van der Waals surface area contributed by atoms with Crippen LogP contribution in [0.25, 0.3) is 55.3 Å². The molecule has 0 atom stereocenters. The lowest BCUT2D eigenvalue weighted by Crippen LogP contribution is -2.12. The molecule has 1 aliphatic rings. The van der Waals surface area contributed by atoms with Crippen LogP contribution in [0.4, 0.5) is 34.1 Å². The van der Waals surface area contributed by atoms with E-state index in [1.807, 2.05) is 0 Å². The SMILES string of the molecule is c1ccc(-c2ccc(N(c3ccccc3)c3ccc(-c4ccc(-c5ccc(N(c6ccc(C7CCCCC7)cc6)c6ccc7ccccc7c6-c6ccccc6)cc5)cc4)cc3)cc2)cc1. The van der Waals surface area contributed by atoms with Crippen molar-refractivity contribution in [2.45, 2.75) is 38.0 Å². The predicted octanol–water partition coefficient (Wildman–Crippen LogP) is 18.5. The van der Waals surface area contributed by atoms with Gasteiger partial charge in [-0.25, -0.2) is 0 Å². The van der Waals surface area contributed by atoms with E-state index in [1.54, 1.807) is 0 Å². The van der Waals surface area contributed by atoms with Gasteiger partial charge in [0, 0.05) is 34.0 Å². The molecule has 1 saturated carbocycles. The summed E-state index contributed by atoms with van der Waals surface area (Å²) in [5, 5.41) is 2.49. The van der Waals surface area contributed by atoms with Gasteiger partial charge in [-0.1, -0.05) is 201 Å². The maximum Gasteiger partial charge on any atom is 0.0546 e. The van der Waals surface area contributed by atoms with E-state index < -0.39 is 0 Å². The Morgan fingerprint density at radius 2 is 0.652 bits per heavy atom. The zero-order chi connectivity index (χ0) is 44.1. The first-order chi connectivity index (χ1) is 32.7. The van der Waals surface area contributed by atoms with Crippen LogP contribution in [0.5, 0.6) is 0 Å². The Balaban J connectivity index is 0.888. The maximum absolute atomic E-state index is 2.45. The van der Waals surface area contributed by atoms with Crippen LogP contribution < -0.4 is 9.80 Å². The third kappa shape index (κ3) is 8.42. The second kappa shape index (κ2) is 18.6. The zero-order valence-corrected chi connectivity index (χ0v) is 37.2. The van der Waals surface area contributed by atoms with E-state index in [2.05, 4.69) is 259 Å². The molecule has 318 valence electrons. The minimum absolute atomic E-state index is 0.658. The van der Waals surface area contributed by atoms with Crippen LogP contribution in [0.1, 0.15) is 43.6 Å². The highest BCUT2D eigenvalue weighted by Gasteiger charge is 2.21. The molecule has 11 rings (SSSR count). The lowest BCUT2D eigenvalue weighted by atomic mass is 9.84. The van der Waals surface area contributed by atoms with Gasteiger partial charge in [0.05, 0.1) is 5.69 Å². The summed E-state index contributed by atoms with van der Waals surface area (Å²) in [4.78, 5) is 4.77. The number of benzene rings is 10. The number of rotatable bonds is 11. The summed E-state index contributed by atoms with van der Waals surface area (Å²) in [6, 6.07) is 90.7. The second-order valence-corrected chi connectivity index (χ2v) is 17.6. The lowest BCUT2D eigenvalue weighted by Gasteiger charge is -2.29. The Kier molecular flexibility index (Phi) is 11.5. The van der Waals surface area contributed by atoms with Crippen LogP contribution in [0, 0.1) is 0 Å². The Morgan fingerprint density at radius 3 is 1.17 bits per heavy atom. The van der Waals surface area contributed by atoms with E-state index in [9.17, 15) is 0 Å². The Labute approximate surface area is 389 Å². The number of hydrogen-bond donors (Lipinski definition) is 0. The van der Waals surface area contributed by atoms with Crippen LogP contribution >= 0.6 is 0 Å². The third-order valence-electron chi connectivity index (χ3n) is 13.5. The minimum Gasteiger partial charge on any atom is -0.311 e. The standard InChI is InChI=1S/C64H52N2/c1-5-15-47(16-6-1)51-29-38-58(39-30-51)65(57-22-11-4-12-23-57)59-40-31-53(32-41-59)49-25-27-50(28-26-49)54-35-44-61(45-36-54)66(60-42-33-52(34-43-60)48-17-7-2-8-18-48)63-46-37-55-19-13-14-24-62(55)64(63)56-20-9-3-10-21-56/h1,3-6,9-16,19-46,48H,2,7-8,17-18H2. The van der Waals surface area contributed by atoms with Gasteiger partial charge < -0.3 is 9.80 Å². The van der Waals surface area contributed by atoms with Crippen LogP contribution in [0.3, 0.4) is 0 Å². The second-order valence-electron chi connectivity index (χ2n) is 17.6. The van der Waals surface area contributed by atoms with Crippen LogP contribution in [0.2, 0.25) is 0 Å². The first-order valence-electron chi connectivity index (χ1n) is 23.5. The van der Waals surface area contributed by atoms with Crippen LogP contribution in [-0.2, 0) is 0 Å². The highest BCUT2D eigenvalue weighted by Crippen LogP contribution is 2.45. The number of para-hydroxylation sites is 1. The van der Waals surface area contributed by atoms with E-state index in [4.69, 9.17) is 0 Å². The van der Waals surface area contributed by atoms with Crippen molar-refractivity contribution in [3.05, 3.63) is 254 Å². The Bertz CT molecular complexity index is 3160. The molecule has 0 unspecified atom stereocenters. The van der Waals surface area contributed by atoms with E-state index in [0.29, 0.717) is 5.92 Å². The van der Waals surface area contributed by atoms with Gasteiger partial charge in [0.25, 0.3) is 0 Å². The maximum atomic E-state index is 2.45. The Morgan fingerprint density at radius 1 is 0.273 bits per heavy atom. The van der Waals surface area contributed by atoms with Crippen LogP contribution in [-0.4, -0.2) is 0 Å². The first kappa shape index (κ1) is 40.8. The molecule has 1 fully saturated rings. The molecule has 0 aromatic heterocycles. The van der Waals surface area contributed by atoms with Crippen LogP contribution in [0.15, 0.2) is 249 Å². The summed E-state index contributed by atoms with van der Waals surface area (Å²) in [5.41, 5.74) is 17.9. The number of fused-ring (bicyclic) bond motifs is 1. The average Bonchev–Trinajstić information content (AvgIpc) is 3.41. The van der Waals surface area contributed by atoms with Gasteiger partial charge >= 0.3 is 0 Å². The predicted molar refractivity (Wildman–Crippen MR) is 281 cm³/mol. The Hall–Kier alpha value is -7.94. The topological polar surface area (TPSA) is 6.48 Å². The third-order valence-corrected chi connectivity index (χ3v) is 13.5. The van der Waals surface area contributed by atoms with Crippen molar-refractivity contribution in [2.24, 2.45) is 0 Å². The molecule has 1 aliphatic carbocycles. The van der Waals surface area contributed by atoms with Crippen molar-refractivity contribution in [1.29, 1.82) is 0 Å². The molecule has 66 heavy (non-hydrogen) atoms. The molecule has 0 spiro atoms. The molecular weight excluding hydrogens is 797 g/mol. The van der Waals surface area contributed by atoms with Gasteiger partial charge in [-0.3, -0.25) is 0 Å². The summed E-state index contributed by atoms with van der Waals surface area (Å²) in [6.45, 7) is 0. The van der Waals surface area contributed by atoms with Crippen molar-refractivity contribution in [1.82, 2.24) is 0 Å². The highest BCUT2D eigenvalue weighted by molar-refractivity contribution is 6.05. The quantitative estimate of drug-likeness (QED) is 0.128. The van der Waals surface area contributed by atoms with E-state index in [0.717, 1.165) is 28.4 Å². The van der Waals surface area contributed by atoms with Crippen molar-refractivity contribution >= 4 is 44.9 Å². The average molecular weight is 849 g/mol. The van der Waals surface area contributed by atoms with Gasteiger partial charge in [0.1, 0.15) is 0 Å². The summed E-state index contributed by atoms with van der Waals surface area (Å²) >= 11 is 0. The molecule has 2 nitrogen and oxygen atoms in total. The van der Waals surface area contributed by atoms with Gasteiger partial charge in [-0.2, -0.15) is 0 Å². The summed E-state index contributed by atoms with van der Waals surface area (Å²) in [7, 11) is 0. The molecule has 10 aromatic carbocycles. The molecule has 0 bridgehead atoms. The molecule has 0 N–H and O–H groups in total. The van der Waals surface area contributed by atoms with E-state index in [1.165, 1.54) is 98.6 Å². The fraction of sp³-hybridized carbons (Fsp3) is 0.0938. The van der Waals surface area contributed by atoms with Crippen molar-refractivity contribution in [3.8, 4) is 44.5 Å². The summed E-state index contributed by atoms with van der Waals surface area (Å²) in [6.07, 6.45) is 6.61. The molecule has 0 heterocycles. The summed E-state index contributed by atoms with van der Waals surface area (Å²) in [5.74, 6) is 0.658. The normalized spacial score (nSPS) is 12.8. The van der Waals surface area contributed by atoms with Gasteiger partial charge in [0.2, 0.25) is 0 Å². The van der Waals surface area contributed by atoms with Gasteiger partial charge in [-0.15, -0.1) is 0 Å². The smallest absolute Gasteiger partial charge is 0.0546 e. The molecule has 0 aliphatic heterocycles. The molecular formula is C64H52N2. The molecule has 10 aromatic rings. The summed E-state index contributed by atoms with van der Waals surface area (Å²) < 4.78 is 0. The molecule has 0 saturated heterocycles. The van der Waals surface area contributed by atoms with Crippen molar-refractivity contribution in [3.63, 3.8) is 0 Å². The molecule has 0 amide bonds. The minimum atomic E-state index is 0.658. The fourth-order valence-electron chi connectivity index (χ4n) is 10.0. The van der Waals surface area contributed by atoms with Crippen molar-refractivity contribution in [2.75, 3.05) is 9.80 Å². The van der Waals surface area contributed by atoms with Gasteiger partial charge in [0.15, 0.2) is 0 Å². The van der Waals surface area contributed by atoms with E-state index >= 15 is 0 Å². The first-order valence-corrected chi connectivity index (χ1v) is 23.5.